The molecule has 3 rings (SSSR count). The van der Waals surface area contributed by atoms with Crippen LogP contribution in [0.1, 0.15) is 6.92 Å². The maximum atomic E-state index is 2.48. The van der Waals surface area contributed by atoms with E-state index in [1.165, 1.54) is 26.1 Å². The summed E-state index contributed by atoms with van der Waals surface area (Å²) in [6.07, 6.45) is 2.14. The van der Waals surface area contributed by atoms with Crippen LogP contribution in [0.3, 0.4) is 0 Å². The third-order valence-corrected chi connectivity index (χ3v) is 6.02. The van der Waals surface area contributed by atoms with E-state index >= 15 is 0 Å². The van der Waals surface area contributed by atoms with E-state index in [4.69, 9.17) is 0 Å². The third kappa shape index (κ3) is 3.00. The van der Waals surface area contributed by atoms with E-state index in [1.807, 2.05) is 11.8 Å². The number of benzene rings is 2. The highest BCUT2D eigenvalue weighted by molar-refractivity contribution is 8.00. The van der Waals surface area contributed by atoms with Crippen LogP contribution in [-0.2, 0) is 0 Å². The highest BCUT2D eigenvalue weighted by Gasteiger charge is 2.25. The molecule has 22 heavy (non-hydrogen) atoms. The van der Waals surface area contributed by atoms with Crippen LogP contribution in [0.5, 0.6) is 0 Å². The summed E-state index contributed by atoms with van der Waals surface area (Å²) in [5.74, 6) is 0. The largest absolute Gasteiger partial charge is 0.338 e. The second-order valence-electron chi connectivity index (χ2n) is 5.83. The summed E-state index contributed by atoms with van der Waals surface area (Å²) in [4.78, 5) is 8.77. The molecule has 0 amide bonds. The number of fused-ring (bicyclic) bond motifs is 2. The topological polar surface area (TPSA) is 6.48 Å². The molecule has 0 fully saturated rings. The Balaban J connectivity index is 2.06. The Morgan fingerprint density at radius 3 is 2.55 bits per heavy atom. The van der Waals surface area contributed by atoms with Gasteiger partial charge >= 0.3 is 0 Å². The zero-order chi connectivity index (χ0) is 15.7. The number of nitrogens with zero attached hydrogens (tertiary/aromatic N) is 2. The van der Waals surface area contributed by atoms with Gasteiger partial charge in [0.05, 0.1) is 11.4 Å². The highest BCUT2D eigenvalue weighted by Crippen LogP contribution is 2.48. The molecule has 1 atom stereocenters. The average molecular weight is 331 g/mol. The maximum absolute atomic E-state index is 2.48. The lowest BCUT2D eigenvalue weighted by Gasteiger charge is -2.36. The van der Waals surface area contributed by atoms with Gasteiger partial charge in [-0.1, -0.05) is 23.9 Å². The number of para-hydroxylation sites is 1. The van der Waals surface area contributed by atoms with Crippen molar-refractivity contribution in [2.75, 3.05) is 31.8 Å². The lowest BCUT2D eigenvalue weighted by Crippen LogP contribution is -2.37. The monoisotopic (exact) mass is 330 g/mol. The van der Waals surface area contributed by atoms with Crippen LogP contribution in [0.25, 0.3) is 0 Å². The van der Waals surface area contributed by atoms with Crippen LogP contribution in [0.4, 0.5) is 11.4 Å². The second kappa shape index (κ2) is 6.57. The molecular weight excluding hydrogens is 308 g/mol. The van der Waals surface area contributed by atoms with Crippen LogP contribution in [0.2, 0.25) is 0 Å². The fourth-order valence-electron chi connectivity index (χ4n) is 2.56. The first-order valence-electron chi connectivity index (χ1n) is 7.49. The molecule has 2 nitrogen and oxygen atoms in total. The molecular formula is C18H22N2S2. The lowest BCUT2D eigenvalue weighted by molar-refractivity contribution is 0.319. The molecule has 116 valence electrons. The van der Waals surface area contributed by atoms with E-state index in [-0.39, 0.29) is 0 Å². The summed E-state index contributed by atoms with van der Waals surface area (Å²) in [6.45, 7) is 3.28. The molecule has 0 radical (unpaired) electrons. The smallest absolute Gasteiger partial charge is 0.0564 e. The van der Waals surface area contributed by atoms with Gasteiger partial charge in [0, 0.05) is 27.3 Å². The lowest BCUT2D eigenvalue weighted by atomic mass is 10.2. The Bertz CT molecular complexity index is 670. The molecule has 1 heterocycles. The van der Waals surface area contributed by atoms with Gasteiger partial charge in [0.1, 0.15) is 0 Å². The summed E-state index contributed by atoms with van der Waals surface area (Å²) in [6, 6.07) is 16.0. The zero-order valence-electron chi connectivity index (χ0n) is 13.5. The van der Waals surface area contributed by atoms with Crippen LogP contribution < -0.4 is 4.90 Å². The number of rotatable bonds is 4. The van der Waals surface area contributed by atoms with Crippen molar-refractivity contribution >= 4 is 34.9 Å². The van der Waals surface area contributed by atoms with E-state index in [0.717, 1.165) is 6.54 Å². The van der Waals surface area contributed by atoms with Gasteiger partial charge in [0.2, 0.25) is 0 Å². The Morgan fingerprint density at radius 1 is 1.09 bits per heavy atom. The van der Waals surface area contributed by atoms with Gasteiger partial charge < -0.3 is 9.80 Å². The predicted octanol–water partition coefficient (Wildman–Crippen LogP) is 4.96. The maximum Gasteiger partial charge on any atom is 0.0564 e. The van der Waals surface area contributed by atoms with Crippen LogP contribution in [-0.4, -0.2) is 37.8 Å². The minimum Gasteiger partial charge on any atom is -0.338 e. The number of thioether (sulfide) groups is 1. The molecule has 2 aromatic rings. The summed E-state index contributed by atoms with van der Waals surface area (Å²) >= 11 is 3.68. The van der Waals surface area contributed by atoms with E-state index in [2.05, 4.69) is 79.5 Å². The van der Waals surface area contributed by atoms with Crippen LogP contribution >= 0.6 is 23.5 Å². The Kier molecular flexibility index (Phi) is 4.71. The number of anilines is 2. The zero-order valence-corrected chi connectivity index (χ0v) is 15.2. The molecule has 0 N–H and O–H groups in total. The third-order valence-electron chi connectivity index (χ3n) is 4.16. The fraction of sp³-hybridized carbons (Fsp3) is 0.333. The normalized spacial score (nSPS) is 14.7. The summed E-state index contributed by atoms with van der Waals surface area (Å²) < 4.78 is 0. The fourth-order valence-corrected chi connectivity index (χ4v) is 4.07. The van der Waals surface area contributed by atoms with E-state index in [9.17, 15) is 0 Å². The molecule has 1 aliphatic heterocycles. The Hall–Kier alpha value is -1.10. The molecule has 0 aromatic heterocycles. The first kappa shape index (κ1) is 15.8. The molecule has 1 unspecified atom stereocenters. The van der Waals surface area contributed by atoms with Crippen molar-refractivity contribution in [3.05, 3.63) is 42.5 Å². The average Bonchev–Trinajstić information content (AvgIpc) is 2.54. The highest BCUT2D eigenvalue weighted by atomic mass is 32.2. The van der Waals surface area contributed by atoms with Gasteiger partial charge in [-0.2, -0.15) is 0 Å². The van der Waals surface area contributed by atoms with Gasteiger partial charge in [0.25, 0.3) is 0 Å². The molecule has 1 aliphatic rings. The molecule has 2 aromatic carbocycles. The molecule has 4 heteroatoms. The summed E-state index contributed by atoms with van der Waals surface area (Å²) in [5, 5.41) is 0. The van der Waals surface area contributed by atoms with Crippen molar-refractivity contribution < 1.29 is 0 Å². The van der Waals surface area contributed by atoms with Crippen molar-refractivity contribution in [2.24, 2.45) is 0 Å². The van der Waals surface area contributed by atoms with Crippen molar-refractivity contribution in [1.29, 1.82) is 0 Å². The molecule has 0 bridgehead atoms. The SMILES string of the molecule is CSc1ccc2c(c1)N(CC(C)N(C)C)c1ccccc1S2. The minimum absolute atomic E-state index is 0.488. The molecule has 0 saturated heterocycles. The van der Waals surface area contributed by atoms with E-state index in [0.29, 0.717) is 6.04 Å². The van der Waals surface area contributed by atoms with Crippen molar-refractivity contribution in [1.82, 2.24) is 4.90 Å². The quantitative estimate of drug-likeness (QED) is 0.731. The van der Waals surface area contributed by atoms with Crippen molar-refractivity contribution in [3.63, 3.8) is 0 Å². The summed E-state index contributed by atoms with van der Waals surface area (Å²) in [7, 11) is 4.29. The van der Waals surface area contributed by atoms with Gasteiger partial charge in [-0.25, -0.2) is 0 Å². The first-order valence-corrected chi connectivity index (χ1v) is 9.53. The van der Waals surface area contributed by atoms with Crippen LogP contribution in [0, 0.1) is 0 Å². The molecule has 0 saturated carbocycles. The number of hydrogen-bond acceptors (Lipinski definition) is 4. The minimum atomic E-state index is 0.488. The number of likely N-dealkylation sites (N-methyl/N-ethyl adjacent to an activating group) is 1. The van der Waals surface area contributed by atoms with E-state index in [1.54, 1.807) is 11.8 Å². The van der Waals surface area contributed by atoms with Gasteiger partial charge in [-0.15, -0.1) is 11.8 Å². The van der Waals surface area contributed by atoms with Gasteiger partial charge in [-0.05, 0) is 57.6 Å². The van der Waals surface area contributed by atoms with Crippen molar-refractivity contribution in [2.45, 2.75) is 27.7 Å². The van der Waals surface area contributed by atoms with Crippen LogP contribution in [0.15, 0.2) is 57.2 Å². The van der Waals surface area contributed by atoms with Gasteiger partial charge in [-0.3, -0.25) is 0 Å². The summed E-state index contributed by atoms with van der Waals surface area (Å²) in [5.41, 5.74) is 2.66. The number of hydrogen-bond donors (Lipinski definition) is 0. The Morgan fingerprint density at radius 2 is 1.82 bits per heavy atom. The molecule has 0 spiro atoms. The van der Waals surface area contributed by atoms with Crippen molar-refractivity contribution in [3.8, 4) is 0 Å². The first-order chi connectivity index (χ1) is 10.6. The predicted molar refractivity (Wildman–Crippen MR) is 98.9 cm³/mol. The van der Waals surface area contributed by atoms with E-state index < -0.39 is 0 Å². The second-order valence-corrected chi connectivity index (χ2v) is 7.79. The standard InChI is InChI=1S/C18H22N2S2/c1-13(19(2)3)12-20-15-7-5-6-8-17(15)22-18-10-9-14(21-4)11-16(18)20/h5-11,13H,12H2,1-4H3. The Labute approximate surface area is 141 Å². The van der Waals surface area contributed by atoms with Gasteiger partial charge in [0.15, 0.2) is 0 Å². The molecule has 0 aliphatic carbocycles.